The Balaban J connectivity index is 1.81. The van der Waals surface area contributed by atoms with E-state index in [1.165, 1.54) is 27.4 Å². The van der Waals surface area contributed by atoms with Gasteiger partial charge < -0.3 is 19.1 Å². The molecule has 0 atom stereocenters. The van der Waals surface area contributed by atoms with Crippen molar-refractivity contribution in [2.75, 3.05) is 34.4 Å². The normalized spacial score (nSPS) is 14.8. The highest BCUT2D eigenvalue weighted by atomic mass is 19.4. The molecule has 29 heavy (non-hydrogen) atoms. The van der Waals surface area contributed by atoms with Gasteiger partial charge in [-0.2, -0.15) is 13.2 Å². The summed E-state index contributed by atoms with van der Waals surface area (Å²) in [5.41, 5.74) is 0.154. The Morgan fingerprint density at radius 2 is 1.66 bits per heavy atom. The zero-order valence-electron chi connectivity index (χ0n) is 16.3. The first-order valence-electron chi connectivity index (χ1n) is 8.90. The van der Waals surface area contributed by atoms with E-state index in [2.05, 4.69) is 0 Å². The summed E-state index contributed by atoms with van der Waals surface area (Å²) in [5.74, 6) is 1.63. The summed E-state index contributed by atoms with van der Waals surface area (Å²) in [6, 6.07) is 8.31. The Hall–Kier alpha value is -2.90. The molecular formula is C21H21F3NO4. The van der Waals surface area contributed by atoms with Crippen LogP contribution in [0.5, 0.6) is 17.2 Å². The van der Waals surface area contributed by atoms with Crippen LogP contribution >= 0.6 is 0 Å². The number of benzene rings is 2. The number of ether oxygens (including phenoxy) is 3. The lowest BCUT2D eigenvalue weighted by atomic mass is 9.96. The molecule has 1 amide bonds. The molecule has 1 saturated heterocycles. The lowest BCUT2D eigenvalue weighted by Gasteiger charge is -2.19. The second kappa shape index (κ2) is 8.23. The highest BCUT2D eigenvalue weighted by Gasteiger charge is 2.33. The predicted octanol–water partition coefficient (Wildman–Crippen LogP) is 4.20. The number of methoxy groups -OCH3 is 3. The second-order valence-electron chi connectivity index (χ2n) is 6.57. The van der Waals surface area contributed by atoms with Crippen molar-refractivity contribution in [1.29, 1.82) is 0 Å². The maximum atomic E-state index is 13.0. The first-order valence-corrected chi connectivity index (χ1v) is 8.90. The standard InChI is InChI=1S/C21H21F3NO4/c1-27-17-10-15(11-18(28-2)19(17)29-3)20(26)25-8-7-14(12-25)13-5-4-6-16(9-13)21(22,23)24/h4-6,9-11H,7-8,12H2,1-3H3. The molecule has 3 rings (SSSR count). The van der Waals surface area contributed by atoms with Gasteiger partial charge in [0, 0.05) is 24.6 Å². The fourth-order valence-electron chi connectivity index (χ4n) is 3.37. The van der Waals surface area contributed by atoms with Crippen molar-refractivity contribution in [2.45, 2.75) is 12.6 Å². The third kappa shape index (κ3) is 4.26. The van der Waals surface area contributed by atoms with E-state index in [-0.39, 0.29) is 12.5 Å². The molecule has 8 heteroatoms. The molecule has 1 radical (unpaired) electrons. The minimum Gasteiger partial charge on any atom is -0.493 e. The Morgan fingerprint density at radius 1 is 1.00 bits per heavy atom. The summed E-state index contributed by atoms with van der Waals surface area (Å²) in [6.07, 6.45) is -3.89. The van der Waals surface area contributed by atoms with Crippen LogP contribution in [-0.2, 0) is 6.18 Å². The van der Waals surface area contributed by atoms with Gasteiger partial charge in [0.25, 0.3) is 5.91 Å². The second-order valence-corrected chi connectivity index (χ2v) is 6.57. The molecule has 0 spiro atoms. The molecular weight excluding hydrogens is 387 g/mol. The van der Waals surface area contributed by atoms with Crippen LogP contribution in [0.3, 0.4) is 0 Å². The summed E-state index contributed by atoms with van der Waals surface area (Å²) >= 11 is 0. The number of rotatable bonds is 5. The number of likely N-dealkylation sites (tertiary alicyclic amines) is 1. The number of alkyl halides is 3. The minimum atomic E-state index is -4.40. The Labute approximate surface area is 167 Å². The van der Waals surface area contributed by atoms with Crippen molar-refractivity contribution in [3.8, 4) is 17.2 Å². The predicted molar refractivity (Wildman–Crippen MR) is 100 cm³/mol. The highest BCUT2D eigenvalue weighted by molar-refractivity contribution is 5.96. The third-order valence-corrected chi connectivity index (χ3v) is 4.86. The summed E-state index contributed by atoms with van der Waals surface area (Å²) in [6.45, 7) is 0.678. The van der Waals surface area contributed by atoms with Crippen molar-refractivity contribution in [3.05, 3.63) is 59.0 Å². The third-order valence-electron chi connectivity index (χ3n) is 4.86. The zero-order valence-corrected chi connectivity index (χ0v) is 16.3. The monoisotopic (exact) mass is 408 g/mol. The lowest BCUT2D eigenvalue weighted by Crippen LogP contribution is -2.28. The molecule has 0 aliphatic carbocycles. The van der Waals surface area contributed by atoms with Crippen LogP contribution in [0, 0.1) is 5.92 Å². The van der Waals surface area contributed by atoms with E-state index in [9.17, 15) is 18.0 Å². The molecule has 2 aromatic rings. The van der Waals surface area contributed by atoms with E-state index >= 15 is 0 Å². The fraction of sp³-hybridized carbons (Fsp3) is 0.333. The van der Waals surface area contributed by atoms with Crippen molar-refractivity contribution in [2.24, 2.45) is 0 Å². The van der Waals surface area contributed by atoms with Crippen LogP contribution in [0.25, 0.3) is 0 Å². The van der Waals surface area contributed by atoms with E-state index in [0.717, 1.165) is 18.1 Å². The van der Waals surface area contributed by atoms with Crippen LogP contribution < -0.4 is 14.2 Å². The van der Waals surface area contributed by atoms with Crippen LogP contribution in [0.2, 0.25) is 0 Å². The average molecular weight is 408 g/mol. The van der Waals surface area contributed by atoms with E-state index in [4.69, 9.17) is 14.2 Å². The summed E-state index contributed by atoms with van der Waals surface area (Å²) in [7, 11) is 4.39. The molecule has 155 valence electrons. The molecule has 0 saturated carbocycles. The molecule has 2 aromatic carbocycles. The first-order chi connectivity index (χ1) is 13.8. The van der Waals surface area contributed by atoms with Gasteiger partial charge >= 0.3 is 6.18 Å². The Morgan fingerprint density at radius 3 is 2.21 bits per heavy atom. The van der Waals surface area contributed by atoms with Crippen molar-refractivity contribution < 1.29 is 32.2 Å². The maximum Gasteiger partial charge on any atom is 0.416 e. The lowest BCUT2D eigenvalue weighted by molar-refractivity contribution is -0.137. The van der Waals surface area contributed by atoms with Gasteiger partial charge in [0.2, 0.25) is 5.75 Å². The quantitative estimate of drug-likeness (QED) is 0.744. The molecule has 0 unspecified atom stereocenters. The van der Waals surface area contributed by atoms with Gasteiger partial charge in [-0.3, -0.25) is 4.79 Å². The molecule has 5 nitrogen and oxygen atoms in total. The van der Waals surface area contributed by atoms with Crippen LogP contribution in [0.4, 0.5) is 13.2 Å². The van der Waals surface area contributed by atoms with Crippen LogP contribution in [0.1, 0.15) is 27.9 Å². The van der Waals surface area contributed by atoms with Gasteiger partial charge in [-0.1, -0.05) is 18.2 Å². The highest BCUT2D eigenvalue weighted by Crippen LogP contribution is 2.39. The number of hydrogen-bond donors (Lipinski definition) is 0. The molecule has 1 heterocycles. The first kappa shape index (κ1) is 20.8. The number of carbonyl (C=O) groups excluding carboxylic acids is 1. The summed E-state index contributed by atoms with van der Waals surface area (Å²) in [4.78, 5) is 14.6. The summed E-state index contributed by atoms with van der Waals surface area (Å²) in [5, 5.41) is 0. The minimum absolute atomic E-state index is 0.258. The molecule has 1 fully saturated rings. The number of halogens is 3. The van der Waals surface area contributed by atoms with Gasteiger partial charge in [-0.05, 0) is 30.2 Å². The fourth-order valence-corrected chi connectivity index (χ4v) is 3.37. The van der Waals surface area contributed by atoms with Crippen molar-refractivity contribution >= 4 is 5.91 Å². The van der Waals surface area contributed by atoms with Gasteiger partial charge in [-0.25, -0.2) is 0 Å². The Kier molecular flexibility index (Phi) is 5.91. The smallest absolute Gasteiger partial charge is 0.416 e. The number of carbonyl (C=O) groups is 1. The maximum absolute atomic E-state index is 13.0. The molecule has 1 aliphatic rings. The number of nitrogens with zero attached hydrogens (tertiary/aromatic N) is 1. The van der Waals surface area contributed by atoms with E-state index in [1.807, 2.05) is 0 Å². The van der Waals surface area contributed by atoms with E-state index in [0.29, 0.717) is 41.3 Å². The Bertz CT molecular complexity index is 873. The van der Waals surface area contributed by atoms with Crippen molar-refractivity contribution in [1.82, 2.24) is 4.90 Å². The average Bonchev–Trinajstić information content (AvgIpc) is 3.21. The van der Waals surface area contributed by atoms with Gasteiger partial charge in [0.15, 0.2) is 11.5 Å². The number of amides is 1. The van der Waals surface area contributed by atoms with Crippen molar-refractivity contribution in [3.63, 3.8) is 0 Å². The van der Waals surface area contributed by atoms with E-state index < -0.39 is 11.7 Å². The molecule has 0 bridgehead atoms. The molecule has 0 N–H and O–H groups in total. The van der Waals surface area contributed by atoms with Crippen LogP contribution in [-0.4, -0.2) is 45.2 Å². The zero-order chi connectivity index (χ0) is 21.2. The summed E-state index contributed by atoms with van der Waals surface area (Å²) < 4.78 is 54.8. The largest absolute Gasteiger partial charge is 0.493 e. The number of hydrogen-bond acceptors (Lipinski definition) is 4. The SMILES string of the molecule is COc1cc(C(=O)N2CC[C](c3cccc(C(F)(F)F)c3)C2)cc(OC)c1OC. The van der Waals surface area contributed by atoms with Gasteiger partial charge in [0.1, 0.15) is 0 Å². The topological polar surface area (TPSA) is 48.0 Å². The van der Waals surface area contributed by atoms with Gasteiger partial charge in [0.05, 0.1) is 26.9 Å². The van der Waals surface area contributed by atoms with Crippen LogP contribution in [0.15, 0.2) is 36.4 Å². The van der Waals surface area contributed by atoms with Gasteiger partial charge in [-0.15, -0.1) is 0 Å². The van der Waals surface area contributed by atoms with E-state index in [1.54, 1.807) is 23.1 Å². The molecule has 0 aromatic heterocycles. The molecule has 1 aliphatic heterocycles.